The third kappa shape index (κ3) is 5.39. The summed E-state index contributed by atoms with van der Waals surface area (Å²) in [6, 6.07) is 3.81. The number of aryl methyl sites for hydroxylation is 2. The Morgan fingerprint density at radius 2 is 1.89 bits per heavy atom. The Kier molecular flexibility index (Phi) is 7.09. The number of hydrogen-bond acceptors (Lipinski definition) is 8. The summed E-state index contributed by atoms with van der Waals surface area (Å²) < 4.78 is 34.6. The van der Waals surface area contributed by atoms with Crippen LogP contribution in [-0.4, -0.2) is 56.3 Å². The fourth-order valence-electron chi connectivity index (χ4n) is 4.64. The minimum atomic E-state index is -2.72. The molecule has 0 aromatic carbocycles. The van der Waals surface area contributed by atoms with Gasteiger partial charge in [0, 0.05) is 43.9 Å². The highest BCUT2D eigenvalue weighted by molar-refractivity contribution is 5.79. The molecule has 2 aliphatic rings. The number of alkyl halides is 2. The van der Waals surface area contributed by atoms with Gasteiger partial charge in [-0.15, -0.1) is 0 Å². The molecule has 5 rings (SSSR count). The number of aromatic nitrogens is 5. The molecular weight excluding hydrogens is 474 g/mol. The van der Waals surface area contributed by atoms with E-state index in [0.29, 0.717) is 17.3 Å². The fraction of sp³-hybridized carbons (Fsp3) is 0.522. The lowest BCUT2D eigenvalue weighted by atomic mass is 10.2. The highest BCUT2D eigenvalue weighted by Crippen LogP contribution is 2.32. The molecule has 1 aliphatic carbocycles. The number of ether oxygens (including phenoxy) is 1. The van der Waals surface area contributed by atoms with Gasteiger partial charge in [-0.1, -0.05) is 12.8 Å². The normalized spacial score (nSPS) is 17.2. The molecule has 0 radical (unpaired) electrons. The van der Waals surface area contributed by atoms with E-state index in [1.54, 1.807) is 30.8 Å². The number of halogens is 2. The van der Waals surface area contributed by atoms with Gasteiger partial charge in [0.2, 0.25) is 5.95 Å². The molecule has 0 atom stereocenters. The summed E-state index contributed by atoms with van der Waals surface area (Å²) in [6.45, 7) is 1.64. The molecule has 0 unspecified atom stereocenters. The van der Waals surface area contributed by atoms with Crippen LogP contribution in [0.15, 0.2) is 23.1 Å². The third-order valence-corrected chi connectivity index (χ3v) is 6.42. The first-order valence-electron chi connectivity index (χ1n) is 11.7. The lowest BCUT2D eigenvalue weighted by Gasteiger charge is -2.17. The molecule has 13 heteroatoms. The topological polar surface area (TPSA) is 133 Å². The van der Waals surface area contributed by atoms with Crippen LogP contribution in [0.4, 0.5) is 31.2 Å². The third-order valence-electron chi connectivity index (χ3n) is 6.42. The van der Waals surface area contributed by atoms with Crippen molar-refractivity contribution < 1.29 is 18.3 Å². The number of hydrogen-bond donors (Lipinski definition) is 2. The van der Waals surface area contributed by atoms with E-state index >= 15 is 0 Å². The van der Waals surface area contributed by atoms with Crippen LogP contribution < -0.4 is 21.6 Å². The molecule has 1 saturated carbocycles. The maximum absolute atomic E-state index is 13.6. The summed E-state index contributed by atoms with van der Waals surface area (Å²) in [5.41, 5.74) is 6.69. The maximum Gasteiger partial charge on any atom is 0.404 e. The molecule has 0 bridgehead atoms. The van der Waals surface area contributed by atoms with Crippen LogP contribution in [-0.2, 0) is 11.8 Å². The largest absolute Gasteiger partial charge is 0.453 e. The average Bonchev–Trinajstić information content (AvgIpc) is 3.53. The smallest absolute Gasteiger partial charge is 0.404 e. The monoisotopic (exact) mass is 504 g/mol. The molecular formula is C23H30F2N8O3. The molecule has 1 saturated heterocycles. The highest BCUT2D eigenvalue weighted by Gasteiger charge is 2.39. The van der Waals surface area contributed by atoms with E-state index in [4.69, 9.17) is 0 Å². The Morgan fingerprint density at radius 1 is 1.19 bits per heavy atom. The van der Waals surface area contributed by atoms with Crippen LogP contribution in [0.1, 0.15) is 43.8 Å². The second-order valence-corrected chi connectivity index (χ2v) is 9.08. The maximum atomic E-state index is 13.6. The number of fused-ring (bicyclic) bond motifs is 1. The van der Waals surface area contributed by atoms with E-state index in [1.807, 2.05) is 10.6 Å². The molecule has 3 N–H and O–H groups in total. The number of methoxy groups -OCH3 is 1. The Morgan fingerprint density at radius 3 is 2.50 bits per heavy atom. The Bertz CT molecular complexity index is 1320. The summed E-state index contributed by atoms with van der Waals surface area (Å²) in [5.74, 6) is -1.41. The molecule has 11 nitrogen and oxygen atoms in total. The molecule has 3 aromatic rings. The Labute approximate surface area is 206 Å². The zero-order chi connectivity index (χ0) is 26.0. The van der Waals surface area contributed by atoms with Crippen LogP contribution in [0.2, 0.25) is 0 Å². The summed E-state index contributed by atoms with van der Waals surface area (Å²) >= 11 is 0. The highest BCUT2D eigenvalue weighted by atomic mass is 19.3. The molecule has 4 heterocycles. The van der Waals surface area contributed by atoms with Gasteiger partial charge in [-0.3, -0.25) is 9.13 Å². The number of nitrogens with one attached hydrogen (secondary N) is 1. The SMILES string of the molecule is COC(N)=O.Cc1cc(Nc2cc3c(cn2)n(C)c(=O)n3C2CCCC2)nc(N2CCC(F)(F)C2)n1. The lowest BCUT2D eigenvalue weighted by molar-refractivity contribution is 0.0256. The van der Waals surface area contributed by atoms with Crippen molar-refractivity contribution in [2.75, 3.05) is 30.4 Å². The minimum absolute atomic E-state index is 0.0315. The van der Waals surface area contributed by atoms with Crippen LogP contribution in [0, 0.1) is 6.92 Å². The van der Waals surface area contributed by atoms with Crippen molar-refractivity contribution in [2.45, 2.75) is 51.0 Å². The summed E-state index contributed by atoms with van der Waals surface area (Å²) in [5, 5.41) is 3.17. The first-order valence-corrected chi connectivity index (χ1v) is 11.7. The van der Waals surface area contributed by atoms with E-state index < -0.39 is 12.0 Å². The number of nitrogens with two attached hydrogens (primary N) is 1. The van der Waals surface area contributed by atoms with E-state index in [0.717, 1.165) is 36.7 Å². The quantitative estimate of drug-likeness (QED) is 0.553. The first-order chi connectivity index (χ1) is 17.1. The average molecular weight is 505 g/mol. The second-order valence-electron chi connectivity index (χ2n) is 9.08. The summed E-state index contributed by atoms with van der Waals surface area (Å²) in [4.78, 5) is 36.9. The van der Waals surface area contributed by atoms with Gasteiger partial charge in [0.25, 0.3) is 5.92 Å². The van der Waals surface area contributed by atoms with Gasteiger partial charge in [0.15, 0.2) is 0 Å². The van der Waals surface area contributed by atoms with Crippen molar-refractivity contribution in [2.24, 2.45) is 12.8 Å². The van der Waals surface area contributed by atoms with E-state index in [2.05, 4.69) is 30.7 Å². The molecule has 36 heavy (non-hydrogen) atoms. The summed E-state index contributed by atoms with van der Waals surface area (Å²) in [7, 11) is 2.99. The van der Waals surface area contributed by atoms with Gasteiger partial charge in [0.05, 0.1) is 30.9 Å². The number of pyridine rings is 1. The zero-order valence-corrected chi connectivity index (χ0v) is 20.5. The predicted molar refractivity (Wildman–Crippen MR) is 131 cm³/mol. The number of carbonyl (C=O) groups is 1. The minimum Gasteiger partial charge on any atom is -0.453 e. The number of nitrogens with zero attached hydrogens (tertiary/aromatic N) is 6. The van der Waals surface area contributed by atoms with Crippen molar-refractivity contribution in [3.63, 3.8) is 0 Å². The Hall–Kier alpha value is -3.77. The molecule has 194 valence electrons. The number of amides is 1. The van der Waals surface area contributed by atoms with Gasteiger partial charge in [0.1, 0.15) is 11.6 Å². The van der Waals surface area contributed by atoms with E-state index in [-0.39, 0.29) is 37.2 Å². The van der Waals surface area contributed by atoms with E-state index in [9.17, 15) is 18.4 Å². The molecule has 1 aliphatic heterocycles. The van der Waals surface area contributed by atoms with Crippen LogP contribution in [0.3, 0.4) is 0 Å². The molecule has 0 spiro atoms. The van der Waals surface area contributed by atoms with Gasteiger partial charge in [-0.05, 0) is 19.8 Å². The van der Waals surface area contributed by atoms with Gasteiger partial charge in [-0.2, -0.15) is 4.98 Å². The molecule has 2 fully saturated rings. The lowest BCUT2D eigenvalue weighted by Crippen LogP contribution is -2.26. The van der Waals surface area contributed by atoms with Crippen LogP contribution in [0.5, 0.6) is 0 Å². The van der Waals surface area contributed by atoms with Crippen molar-refractivity contribution in [1.29, 1.82) is 0 Å². The van der Waals surface area contributed by atoms with Gasteiger partial charge in [-0.25, -0.2) is 28.3 Å². The van der Waals surface area contributed by atoms with Gasteiger partial charge >= 0.3 is 11.8 Å². The van der Waals surface area contributed by atoms with Crippen molar-refractivity contribution >= 4 is 34.7 Å². The van der Waals surface area contributed by atoms with Crippen molar-refractivity contribution in [3.8, 4) is 0 Å². The standard InChI is InChI=1S/C21H25F2N7O.C2H5NO2/c1-13-9-18(27-19(25-13)29-8-7-21(22,23)12-29)26-17-10-15-16(11-24-17)28(2)20(31)30(15)14-5-3-4-6-14;1-5-2(3)4/h9-11,14H,3-8,12H2,1-2H3,(H,24,25,26,27);1H3,(H2,3,4). The number of imidazole rings is 1. The zero-order valence-electron chi connectivity index (χ0n) is 20.5. The van der Waals surface area contributed by atoms with Crippen molar-refractivity contribution in [1.82, 2.24) is 24.1 Å². The van der Waals surface area contributed by atoms with E-state index in [1.165, 1.54) is 12.0 Å². The molecule has 3 aromatic heterocycles. The number of anilines is 3. The van der Waals surface area contributed by atoms with Gasteiger partial charge < -0.3 is 20.7 Å². The number of carbonyl (C=O) groups excluding carboxylic acids is 1. The van der Waals surface area contributed by atoms with Crippen molar-refractivity contribution in [3.05, 3.63) is 34.5 Å². The molecule has 1 amide bonds. The van der Waals surface area contributed by atoms with Crippen LogP contribution in [0.25, 0.3) is 11.0 Å². The number of rotatable bonds is 4. The first kappa shape index (κ1) is 25.3. The second kappa shape index (κ2) is 10.1. The summed E-state index contributed by atoms with van der Waals surface area (Å²) in [6.07, 6.45) is 4.99. The predicted octanol–water partition coefficient (Wildman–Crippen LogP) is 3.25. The Balaban J connectivity index is 0.000000556. The van der Waals surface area contributed by atoms with Crippen LogP contribution >= 0.6 is 0 Å². The number of primary amides is 1. The fourth-order valence-corrected chi connectivity index (χ4v) is 4.64.